The molecule has 1 amide bonds. The maximum absolute atomic E-state index is 13.1. The molecule has 3 aromatic rings. The minimum absolute atomic E-state index is 0.0636. The van der Waals surface area contributed by atoms with Gasteiger partial charge in [0.1, 0.15) is 5.75 Å². The molecule has 0 radical (unpaired) electrons. The maximum Gasteiger partial charge on any atom is 0.255 e. The van der Waals surface area contributed by atoms with E-state index in [0.29, 0.717) is 6.61 Å². The van der Waals surface area contributed by atoms with E-state index in [9.17, 15) is 13.2 Å². The third-order valence-electron chi connectivity index (χ3n) is 4.50. The van der Waals surface area contributed by atoms with E-state index in [1.807, 2.05) is 49.4 Å². The topological polar surface area (TPSA) is 88.1 Å². The van der Waals surface area contributed by atoms with Crippen LogP contribution in [-0.2, 0) is 21.4 Å². The third-order valence-corrected chi connectivity index (χ3v) is 6.30. The molecule has 3 aromatic carbocycles. The fourth-order valence-electron chi connectivity index (χ4n) is 2.95. The highest BCUT2D eigenvalue weighted by Gasteiger charge is 2.26. The first-order valence-corrected chi connectivity index (χ1v) is 11.6. The van der Waals surface area contributed by atoms with Gasteiger partial charge in [-0.25, -0.2) is 13.8 Å². The molecule has 0 heterocycles. The van der Waals surface area contributed by atoms with Gasteiger partial charge in [-0.3, -0.25) is 4.79 Å². The number of sulfonamides is 1. The number of nitrogens with zero attached hydrogens (tertiary/aromatic N) is 2. The van der Waals surface area contributed by atoms with E-state index in [4.69, 9.17) is 4.74 Å². The molecule has 0 bridgehead atoms. The predicted octanol–water partition coefficient (Wildman–Crippen LogP) is 3.43. The van der Waals surface area contributed by atoms with E-state index >= 15 is 0 Å². The average molecular weight is 452 g/mol. The molecular formula is C24H25N3O4S. The van der Waals surface area contributed by atoms with Crippen LogP contribution in [0.25, 0.3) is 0 Å². The van der Waals surface area contributed by atoms with Crippen molar-refractivity contribution in [2.24, 2.45) is 5.10 Å². The van der Waals surface area contributed by atoms with Crippen molar-refractivity contribution < 1.29 is 17.9 Å². The number of carbonyl (C=O) groups excluding carboxylic acids is 1. The van der Waals surface area contributed by atoms with Gasteiger partial charge >= 0.3 is 0 Å². The lowest BCUT2D eigenvalue weighted by Crippen LogP contribution is -2.39. The first kappa shape index (κ1) is 23.2. The fourth-order valence-corrected chi connectivity index (χ4v) is 4.35. The van der Waals surface area contributed by atoms with Gasteiger partial charge in [0.25, 0.3) is 5.91 Å². The molecule has 0 fully saturated rings. The first-order chi connectivity index (χ1) is 15.5. The predicted molar refractivity (Wildman–Crippen MR) is 124 cm³/mol. The minimum Gasteiger partial charge on any atom is -0.494 e. The van der Waals surface area contributed by atoms with Gasteiger partial charge < -0.3 is 4.74 Å². The lowest BCUT2D eigenvalue weighted by molar-refractivity contribution is -0.121. The van der Waals surface area contributed by atoms with E-state index < -0.39 is 15.9 Å². The molecule has 1 N–H and O–H groups in total. The standard InChI is InChI=1S/C24H25N3O4S/c1-2-31-22-15-13-20(14-16-22)17-25-26-24(28)19-27(18-21-9-5-3-6-10-21)32(29,30)23-11-7-4-8-12-23/h3-17H,2,18-19H2,1H3,(H,26,28)/b25-17-. The number of carbonyl (C=O) groups is 1. The van der Waals surface area contributed by atoms with Crippen LogP contribution in [0.2, 0.25) is 0 Å². The van der Waals surface area contributed by atoms with Crippen molar-refractivity contribution in [3.05, 3.63) is 96.1 Å². The van der Waals surface area contributed by atoms with Crippen LogP contribution in [0.3, 0.4) is 0 Å². The van der Waals surface area contributed by atoms with E-state index in [0.717, 1.165) is 21.2 Å². The highest BCUT2D eigenvalue weighted by Crippen LogP contribution is 2.18. The lowest BCUT2D eigenvalue weighted by atomic mass is 10.2. The molecule has 0 aromatic heterocycles. The molecule has 0 saturated heterocycles. The second-order valence-electron chi connectivity index (χ2n) is 6.87. The van der Waals surface area contributed by atoms with Crippen LogP contribution in [0, 0.1) is 0 Å². The summed E-state index contributed by atoms with van der Waals surface area (Å²) in [6.07, 6.45) is 1.49. The molecule has 3 rings (SSSR count). The molecular weight excluding hydrogens is 426 g/mol. The highest BCUT2D eigenvalue weighted by molar-refractivity contribution is 7.89. The number of benzene rings is 3. The van der Waals surface area contributed by atoms with E-state index in [2.05, 4.69) is 10.5 Å². The average Bonchev–Trinajstić information content (AvgIpc) is 2.81. The second kappa shape index (κ2) is 11.2. The zero-order valence-corrected chi connectivity index (χ0v) is 18.5. The second-order valence-corrected chi connectivity index (χ2v) is 8.80. The number of hydrogen-bond donors (Lipinski definition) is 1. The van der Waals surface area contributed by atoms with Gasteiger partial charge in [0.2, 0.25) is 10.0 Å². The van der Waals surface area contributed by atoms with Crippen molar-refractivity contribution in [3.8, 4) is 5.75 Å². The van der Waals surface area contributed by atoms with E-state index in [-0.39, 0.29) is 18.0 Å². The summed E-state index contributed by atoms with van der Waals surface area (Å²) in [4.78, 5) is 12.6. The molecule has 0 atom stereocenters. The molecule has 7 nitrogen and oxygen atoms in total. The van der Waals surface area contributed by atoms with Crippen molar-refractivity contribution in [2.45, 2.75) is 18.4 Å². The molecule has 0 aliphatic rings. The highest BCUT2D eigenvalue weighted by atomic mass is 32.2. The summed E-state index contributed by atoms with van der Waals surface area (Å²) in [5.41, 5.74) is 3.95. The maximum atomic E-state index is 13.1. The molecule has 0 spiro atoms. The van der Waals surface area contributed by atoms with Gasteiger partial charge in [-0.1, -0.05) is 48.5 Å². The summed E-state index contributed by atoms with van der Waals surface area (Å²) in [6.45, 7) is 2.18. The quantitative estimate of drug-likeness (QED) is 0.378. The monoisotopic (exact) mass is 451 g/mol. The number of hydrazone groups is 1. The van der Waals surface area contributed by atoms with Crippen LogP contribution in [0.15, 0.2) is 94.9 Å². The van der Waals surface area contributed by atoms with Crippen molar-refractivity contribution >= 4 is 22.1 Å². The summed E-state index contributed by atoms with van der Waals surface area (Å²) in [6, 6.07) is 24.4. The molecule has 166 valence electrons. The van der Waals surface area contributed by atoms with Crippen molar-refractivity contribution in [1.82, 2.24) is 9.73 Å². The van der Waals surface area contributed by atoms with E-state index in [1.54, 1.807) is 30.3 Å². The summed E-state index contributed by atoms with van der Waals surface area (Å²) < 4.78 is 32.8. The van der Waals surface area contributed by atoms with Crippen LogP contribution < -0.4 is 10.2 Å². The molecule has 0 saturated carbocycles. The lowest BCUT2D eigenvalue weighted by Gasteiger charge is -2.21. The minimum atomic E-state index is -3.88. The number of rotatable bonds is 10. The fraction of sp³-hybridized carbons (Fsp3) is 0.167. The van der Waals surface area contributed by atoms with Crippen LogP contribution in [0.4, 0.5) is 0 Å². The zero-order chi connectivity index (χ0) is 22.8. The third kappa shape index (κ3) is 6.50. The van der Waals surface area contributed by atoms with Crippen LogP contribution in [0.1, 0.15) is 18.1 Å². The smallest absolute Gasteiger partial charge is 0.255 e. The molecule has 8 heteroatoms. The Morgan fingerprint density at radius 1 is 0.969 bits per heavy atom. The Hall–Kier alpha value is -3.49. The van der Waals surface area contributed by atoms with Crippen LogP contribution in [-0.4, -0.2) is 38.0 Å². The molecule has 0 aliphatic heterocycles. The van der Waals surface area contributed by atoms with Gasteiger partial charge in [-0.15, -0.1) is 0 Å². The van der Waals surface area contributed by atoms with Crippen molar-refractivity contribution in [3.63, 3.8) is 0 Å². The van der Waals surface area contributed by atoms with Gasteiger partial charge in [0, 0.05) is 6.54 Å². The van der Waals surface area contributed by atoms with Gasteiger partial charge in [0.15, 0.2) is 0 Å². The van der Waals surface area contributed by atoms with Gasteiger partial charge in [-0.2, -0.15) is 9.41 Å². The Bertz CT molecular complexity index is 1130. The molecule has 0 unspecified atom stereocenters. The summed E-state index contributed by atoms with van der Waals surface area (Å²) in [7, 11) is -3.88. The van der Waals surface area contributed by atoms with Crippen molar-refractivity contribution in [2.75, 3.05) is 13.2 Å². The van der Waals surface area contributed by atoms with Crippen LogP contribution in [0.5, 0.6) is 5.75 Å². The summed E-state index contributed by atoms with van der Waals surface area (Å²) in [5, 5.41) is 3.95. The Labute approximate surface area is 188 Å². The summed E-state index contributed by atoms with van der Waals surface area (Å²) in [5.74, 6) is 0.207. The van der Waals surface area contributed by atoms with Gasteiger partial charge in [-0.05, 0) is 54.4 Å². The number of nitrogens with one attached hydrogen (secondary N) is 1. The Kier molecular flexibility index (Phi) is 8.13. The normalized spacial score (nSPS) is 11.6. The first-order valence-electron chi connectivity index (χ1n) is 10.1. The van der Waals surface area contributed by atoms with E-state index in [1.165, 1.54) is 18.3 Å². The van der Waals surface area contributed by atoms with Gasteiger partial charge in [0.05, 0.1) is 24.3 Å². The largest absolute Gasteiger partial charge is 0.494 e. The number of hydrogen-bond acceptors (Lipinski definition) is 5. The molecule has 32 heavy (non-hydrogen) atoms. The SMILES string of the molecule is CCOc1ccc(/C=N\NC(=O)CN(Cc2ccccc2)S(=O)(=O)c2ccccc2)cc1. The summed E-state index contributed by atoms with van der Waals surface area (Å²) >= 11 is 0. The van der Waals surface area contributed by atoms with Crippen molar-refractivity contribution in [1.29, 1.82) is 0 Å². The zero-order valence-electron chi connectivity index (χ0n) is 17.7. The van der Waals surface area contributed by atoms with Crippen LogP contribution >= 0.6 is 0 Å². The Balaban J connectivity index is 1.70. The molecule has 0 aliphatic carbocycles. The number of amides is 1. The number of ether oxygens (including phenoxy) is 1. The Morgan fingerprint density at radius 2 is 1.59 bits per heavy atom. The Morgan fingerprint density at radius 3 is 2.22 bits per heavy atom.